The van der Waals surface area contributed by atoms with Crippen LogP contribution >= 0.6 is 0 Å². The van der Waals surface area contributed by atoms with Crippen LogP contribution in [0.15, 0.2) is 58.8 Å². The Labute approximate surface area is 185 Å². The number of benzene rings is 1. The Bertz CT molecular complexity index is 784. The highest BCUT2D eigenvalue weighted by Crippen LogP contribution is 2.46. The summed E-state index contributed by atoms with van der Waals surface area (Å²) in [5.74, 6) is 0. The molecule has 0 aromatic heterocycles. The zero-order valence-electron chi connectivity index (χ0n) is 20.0. The topological polar surface area (TPSA) is 24.4 Å². The maximum absolute atomic E-state index is 4.53. The molecule has 1 N–H and O–H groups in total. The van der Waals surface area contributed by atoms with Crippen LogP contribution in [0.5, 0.6) is 0 Å². The average Bonchev–Trinajstić information content (AvgIpc) is 2.96. The predicted octanol–water partition coefficient (Wildman–Crippen LogP) is 7.37. The third kappa shape index (κ3) is 6.04. The Hall–Kier alpha value is -1.93. The van der Waals surface area contributed by atoms with Gasteiger partial charge in [0.25, 0.3) is 0 Å². The molecule has 0 spiro atoms. The smallest absolute Gasteiger partial charge is 0.0582 e. The maximum Gasteiger partial charge on any atom is 0.0582 e. The van der Waals surface area contributed by atoms with Crippen LogP contribution in [0.2, 0.25) is 0 Å². The van der Waals surface area contributed by atoms with Gasteiger partial charge in [-0.25, -0.2) is 0 Å². The predicted molar refractivity (Wildman–Crippen MR) is 134 cm³/mol. The lowest BCUT2D eigenvalue weighted by molar-refractivity contribution is 0.365. The molecule has 1 saturated carbocycles. The van der Waals surface area contributed by atoms with Crippen LogP contribution in [0.25, 0.3) is 0 Å². The molecule has 0 aliphatic heterocycles. The Morgan fingerprint density at radius 1 is 1.07 bits per heavy atom. The number of hydrogen-bond donors (Lipinski definition) is 1. The Morgan fingerprint density at radius 2 is 1.63 bits per heavy atom. The number of nitrogens with one attached hydrogen (secondary N) is 1. The van der Waals surface area contributed by atoms with Gasteiger partial charge in [-0.05, 0) is 89.3 Å². The summed E-state index contributed by atoms with van der Waals surface area (Å²) >= 11 is 0. The van der Waals surface area contributed by atoms with E-state index in [0.29, 0.717) is 6.04 Å². The third-order valence-corrected chi connectivity index (χ3v) is 6.96. The molecular weight excluding hydrogens is 364 g/mol. The minimum absolute atomic E-state index is 0.150. The van der Waals surface area contributed by atoms with E-state index in [2.05, 4.69) is 76.1 Å². The van der Waals surface area contributed by atoms with Crippen molar-refractivity contribution in [2.24, 2.45) is 4.99 Å². The van der Waals surface area contributed by atoms with E-state index in [1.54, 1.807) is 0 Å². The standard InChI is InChI=1S/C28H42N2/c1-20-15-21(2)17-26(16-20)28(13-11-9-10-12-14-28)19-27(24(5)25(6)30-8)22(3)18-23(4)29-7/h15-17,23,29H,3,6,8-14,18-19H2,1-2,4-5,7H3/b27-24+. The second-order valence-electron chi connectivity index (χ2n) is 9.45. The molecule has 1 unspecified atom stereocenters. The lowest BCUT2D eigenvalue weighted by Crippen LogP contribution is -2.28. The molecule has 0 radical (unpaired) electrons. The second-order valence-corrected chi connectivity index (χ2v) is 9.45. The van der Waals surface area contributed by atoms with E-state index in [1.165, 1.54) is 66.4 Å². The number of rotatable bonds is 9. The molecule has 2 rings (SSSR count). The van der Waals surface area contributed by atoms with Crippen molar-refractivity contribution in [3.8, 4) is 0 Å². The molecule has 1 fully saturated rings. The number of hydrogen-bond acceptors (Lipinski definition) is 2. The molecule has 164 valence electrons. The van der Waals surface area contributed by atoms with E-state index in [4.69, 9.17) is 0 Å². The summed E-state index contributed by atoms with van der Waals surface area (Å²) in [5.41, 5.74) is 8.81. The van der Waals surface area contributed by atoms with Crippen LogP contribution in [0.1, 0.15) is 81.9 Å². The third-order valence-electron chi connectivity index (χ3n) is 6.96. The zero-order chi connectivity index (χ0) is 22.3. The van der Waals surface area contributed by atoms with Gasteiger partial charge in [0.05, 0.1) is 5.70 Å². The lowest BCUT2D eigenvalue weighted by Gasteiger charge is -2.37. The van der Waals surface area contributed by atoms with Crippen molar-refractivity contribution in [1.82, 2.24) is 5.32 Å². The summed E-state index contributed by atoms with van der Waals surface area (Å²) < 4.78 is 0. The van der Waals surface area contributed by atoms with Gasteiger partial charge in [-0.15, -0.1) is 0 Å². The van der Waals surface area contributed by atoms with Crippen molar-refractivity contribution in [3.05, 3.63) is 70.5 Å². The molecule has 0 amide bonds. The first-order valence-corrected chi connectivity index (χ1v) is 11.5. The van der Waals surface area contributed by atoms with Gasteiger partial charge in [-0.2, -0.15) is 0 Å². The van der Waals surface area contributed by atoms with Crippen molar-refractivity contribution in [1.29, 1.82) is 0 Å². The highest BCUT2D eigenvalue weighted by molar-refractivity contribution is 5.47. The van der Waals surface area contributed by atoms with Crippen LogP contribution < -0.4 is 5.32 Å². The first-order chi connectivity index (χ1) is 14.2. The highest BCUT2D eigenvalue weighted by atomic mass is 14.8. The number of aryl methyl sites for hydroxylation is 2. The minimum atomic E-state index is 0.150. The van der Waals surface area contributed by atoms with Crippen LogP contribution in [-0.4, -0.2) is 19.8 Å². The van der Waals surface area contributed by atoms with E-state index in [9.17, 15) is 0 Å². The summed E-state index contributed by atoms with van der Waals surface area (Å²) in [6.07, 6.45) is 9.65. The second kappa shape index (κ2) is 10.9. The Kier molecular flexibility index (Phi) is 8.85. The van der Waals surface area contributed by atoms with Crippen molar-refractivity contribution >= 4 is 6.72 Å². The van der Waals surface area contributed by atoms with Crippen LogP contribution in [0.3, 0.4) is 0 Å². The summed E-state index contributed by atoms with van der Waals surface area (Å²) in [7, 11) is 2.01. The number of nitrogens with zero attached hydrogens (tertiary/aromatic N) is 1. The number of allylic oxidation sites excluding steroid dienone is 2. The summed E-state index contributed by atoms with van der Waals surface area (Å²) in [4.78, 5) is 4.17. The normalized spacial score (nSPS) is 18.2. The maximum atomic E-state index is 4.53. The van der Waals surface area contributed by atoms with Crippen LogP contribution in [0.4, 0.5) is 0 Å². The molecule has 2 heteroatoms. The van der Waals surface area contributed by atoms with Gasteiger partial charge in [0.15, 0.2) is 0 Å². The van der Waals surface area contributed by atoms with Crippen LogP contribution in [0, 0.1) is 13.8 Å². The molecule has 1 aromatic carbocycles. The first-order valence-electron chi connectivity index (χ1n) is 11.5. The monoisotopic (exact) mass is 406 g/mol. The van der Waals surface area contributed by atoms with E-state index in [0.717, 1.165) is 24.1 Å². The summed E-state index contributed by atoms with van der Waals surface area (Å²) in [5, 5.41) is 3.36. The average molecular weight is 407 g/mol. The van der Waals surface area contributed by atoms with E-state index >= 15 is 0 Å². The zero-order valence-corrected chi connectivity index (χ0v) is 20.0. The molecule has 1 atom stereocenters. The SMILES string of the molecule is C=NC(=C)/C(C)=C(\CC1(c2cc(C)cc(C)c2)CCCCCC1)C(=C)CC(C)NC. The van der Waals surface area contributed by atoms with Crippen molar-refractivity contribution in [3.63, 3.8) is 0 Å². The largest absolute Gasteiger partial charge is 0.317 e. The summed E-state index contributed by atoms with van der Waals surface area (Å²) in [6.45, 7) is 21.2. The van der Waals surface area contributed by atoms with Crippen molar-refractivity contribution < 1.29 is 0 Å². The number of aliphatic imine (C=N–C) groups is 1. The lowest BCUT2D eigenvalue weighted by atomic mass is 9.68. The molecule has 1 aromatic rings. The molecule has 1 aliphatic rings. The summed E-state index contributed by atoms with van der Waals surface area (Å²) in [6, 6.07) is 7.51. The van der Waals surface area contributed by atoms with E-state index < -0.39 is 0 Å². The molecule has 2 nitrogen and oxygen atoms in total. The van der Waals surface area contributed by atoms with Gasteiger partial charge in [-0.3, -0.25) is 4.99 Å². The molecular formula is C28H42N2. The fraction of sp³-hybridized carbons (Fsp3) is 0.536. The minimum Gasteiger partial charge on any atom is -0.317 e. The molecule has 0 bridgehead atoms. The van der Waals surface area contributed by atoms with E-state index in [1.807, 2.05) is 7.05 Å². The van der Waals surface area contributed by atoms with Gasteiger partial charge >= 0.3 is 0 Å². The quantitative estimate of drug-likeness (QED) is 0.258. The van der Waals surface area contributed by atoms with Gasteiger partial charge in [0.1, 0.15) is 0 Å². The fourth-order valence-corrected chi connectivity index (χ4v) is 5.00. The van der Waals surface area contributed by atoms with E-state index in [-0.39, 0.29) is 5.41 Å². The van der Waals surface area contributed by atoms with Gasteiger partial charge in [-0.1, -0.05) is 73.7 Å². The Balaban J connectivity index is 2.58. The molecule has 0 heterocycles. The first kappa shape index (κ1) is 24.3. The van der Waals surface area contributed by atoms with Gasteiger partial charge in [0.2, 0.25) is 0 Å². The molecule has 1 aliphatic carbocycles. The van der Waals surface area contributed by atoms with Crippen molar-refractivity contribution in [2.75, 3.05) is 7.05 Å². The molecule has 0 saturated heterocycles. The van der Waals surface area contributed by atoms with Crippen molar-refractivity contribution in [2.45, 2.75) is 90.5 Å². The van der Waals surface area contributed by atoms with Gasteiger partial charge < -0.3 is 5.32 Å². The van der Waals surface area contributed by atoms with Crippen LogP contribution in [-0.2, 0) is 5.41 Å². The molecule has 30 heavy (non-hydrogen) atoms. The highest BCUT2D eigenvalue weighted by Gasteiger charge is 2.35. The van der Waals surface area contributed by atoms with Gasteiger partial charge in [0, 0.05) is 6.04 Å². The fourth-order valence-electron chi connectivity index (χ4n) is 5.00. The Morgan fingerprint density at radius 3 is 2.13 bits per heavy atom.